The van der Waals surface area contributed by atoms with Gasteiger partial charge in [0.15, 0.2) is 0 Å². The molecule has 1 fully saturated rings. The van der Waals surface area contributed by atoms with Crippen LogP contribution in [0.15, 0.2) is 42.6 Å². The van der Waals surface area contributed by atoms with Crippen LogP contribution in [0.5, 0.6) is 0 Å². The van der Waals surface area contributed by atoms with Gasteiger partial charge >= 0.3 is 12.2 Å². The molecule has 11 heteroatoms. The number of hydrogen-bond donors (Lipinski definition) is 2. The molecule has 8 nitrogen and oxygen atoms in total. The summed E-state index contributed by atoms with van der Waals surface area (Å²) < 4.78 is 41.6. The van der Waals surface area contributed by atoms with Crippen molar-refractivity contribution in [1.82, 2.24) is 24.7 Å². The lowest BCUT2D eigenvalue weighted by atomic mass is 9.91. The molecule has 0 saturated carbocycles. The summed E-state index contributed by atoms with van der Waals surface area (Å²) in [6.07, 6.45) is -1.10. The zero-order valence-electron chi connectivity index (χ0n) is 24.3. The van der Waals surface area contributed by atoms with E-state index in [2.05, 4.69) is 33.5 Å². The number of carbonyl (C=O) groups is 1. The van der Waals surface area contributed by atoms with Gasteiger partial charge in [0.05, 0.1) is 41.3 Å². The Kier molecular flexibility index (Phi) is 9.33. The van der Waals surface area contributed by atoms with E-state index in [1.54, 1.807) is 63.3 Å². The number of nitrogens with zero attached hydrogens (tertiary/aromatic N) is 5. The molecule has 222 valence electrons. The topological polar surface area (TPSA) is 89.2 Å². The van der Waals surface area contributed by atoms with E-state index in [0.717, 1.165) is 18.4 Å². The fourth-order valence-electron chi connectivity index (χ4n) is 4.91. The summed E-state index contributed by atoms with van der Waals surface area (Å²) in [5.74, 6) is 5.82. The van der Waals surface area contributed by atoms with Crippen molar-refractivity contribution in [3.05, 3.63) is 59.5 Å². The van der Waals surface area contributed by atoms with Crippen molar-refractivity contribution in [1.29, 1.82) is 5.26 Å². The third-order valence-electron chi connectivity index (χ3n) is 7.33. The van der Waals surface area contributed by atoms with Gasteiger partial charge in [0.25, 0.3) is 0 Å². The molecule has 3 aromatic rings. The third kappa shape index (κ3) is 7.74. The lowest BCUT2D eigenvalue weighted by Crippen LogP contribution is -2.47. The highest BCUT2D eigenvalue weighted by Crippen LogP contribution is 2.27. The van der Waals surface area contributed by atoms with Crippen molar-refractivity contribution in [2.24, 2.45) is 0 Å². The van der Waals surface area contributed by atoms with Crippen molar-refractivity contribution in [2.45, 2.75) is 57.4 Å². The highest BCUT2D eigenvalue weighted by atomic mass is 19.4. The number of alkyl halides is 3. The number of fused-ring (bicyclic) bond motifs is 1. The maximum atomic E-state index is 13.5. The Morgan fingerprint density at radius 2 is 1.88 bits per heavy atom. The number of carbonyl (C=O) groups excluding carboxylic acids is 1. The van der Waals surface area contributed by atoms with Crippen LogP contribution >= 0.6 is 0 Å². The summed E-state index contributed by atoms with van der Waals surface area (Å²) in [5, 5.41) is 16.6. The zero-order chi connectivity index (χ0) is 30.5. The third-order valence-corrected chi connectivity index (χ3v) is 7.33. The van der Waals surface area contributed by atoms with Crippen LogP contribution in [0.1, 0.15) is 43.6 Å². The predicted octanol–water partition coefficient (Wildman–Crippen LogP) is 5.10. The molecule has 4 rings (SSSR count). The minimum atomic E-state index is -4.39. The molecule has 2 N–H and O–H groups in total. The molecule has 0 bridgehead atoms. The van der Waals surface area contributed by atoms with E-state index in [1.807, 2.05) is 17.0 Å². The smallest absolute Gasteiger partial charge is 0.373 e. The van der Waals surface area contributed by atoms with Crippen LogP contribution in [0, 0.1) is 23.2 Å². The standard InChI is InChI=1S/C31H36F3N7O/c1-30(2,20-35)28-10-8-25(19-38-28)36-13-5-6-26-17-23-16-22(7-9-27(23)41(26)21-31(32,33)34)18-37-24-11-14-40(15-12-24)29(42)39(3)4/h7-10,16-17,19,24,36-37H,11-15,18,21H2,1-4H3. The summed E-state index contributed by atoms with van der Waals surface area (Å²) in [6.45, 7) is 4.61. The highest BCUT2D eigenvalue weighted by molar-refractivity contribution is 5.83. The molecule has 1 aliphatic heterocycles. The van der Waals surface area contributed by atoms with Crippen LogP contribution in [0.25, 0.3) is 10.9 Å². The number of anilines is 1. The van der Waals surface area contributed by atoms with E-state index in [-0.39, 0.29) is 24.3 Å². The number of rotatable bonds is 7. The first-order valence-corrected chi connectivity index (χ1v) is 13.9. The van der Waals surface area contributed by atoms with Gasteiger partial charge < -0.3 is 25.0 Å². The maximum absolute atomic E-state index is 13.5. The fraction of sp³-hybridized carbons (Fsp3) is 0.452. The molecule has 2 aromatic heterocycles. The minimum Gasteiger partial charge on any atom is -0.373 e. The van der Waals surface area contributed by atoms with Crippen molar-refractivity contribution in [3.63, 3.8) is 0 Å². The second-order valence-corrected chi connectivity index (χ2v) is 11.3. The van der Waals surface area contributed by atoms with Gasteiger partial charge in [-0.2, -0.15) is 18.4 Å². The van der Waals surface area contributed by atoms with E-state index in [9.17, 15) is 23.2 Å². The minimum absolute atomic E-state index is 0.0174. The molecule has 1 saturated heterocycles. The predicted molar refractivity (Wildman–Crippen MR) is 157 cm³/mol. The number of benzene rings is 1. The quantitative estimate of drug-likeness (QED) is 0.381. The van der Waals surface area contributed by atoms with E-state index < -0.39 is 18.1 Å². The Bertz CT molecular complexity index is 1500. The molecule has 1 aromatic carbocycles. The number of urea groups is 1. The summed E-state index contributed by atoms with van der Waals surface area (Å²) in [5.41, 5.74) is 2.38. The number of nitriles is 1. The first-order valence-electron chi connectivity index (χ1n) is 13.9. The average Bonchev–Trinajstić information content (AvgIpc) is 3.29. The number of likely N-dealkylation sites (tertiary alicyclic amines) is 1. The molecule has 0 unspecified atom stereocenters. The van der Waals surface area contributed by atoms with Crippen molar-refractivity contribution in [2.75, 3.05) is 39.0 Å². The first kappa shape index (κ1) is 30.7. The van der Waals surface area contributed by atoms with Gasteiger partial charge in [-0.05, 0) is 68.5 Å². The molecule has 42 heavy (non-hydrogen) atoms. The fourth-order valence-corrected chi connectivity index (χ4v) is 4.91. The van der Waals surface area contributed by atoms with Gasteiger partial charge in [-0.3, -0.25) is 4.98 Å². The number of aromatic nitrogens is 2. The number of piperidine rings is 1. The number of pyridine rings is 1. The van der Waals surface area contributed by atoms with Gasteiger partial charge in [-0.15, -0.1) is 0 Å². The normalized spacial score (nSPS) is 14.3. The van der Waals surface area contributed by atoms with Gasteiger partial charge in [0, 0.05) is 50.7 Å². The van der Waals surface area contributed by atoms with E-state index in [0.29, 0.717) is 41.9 Å². The van der Waals surface area contributed by atoms with Crippen LogP contribution in [0.2, 0.25) is 0 Å². The number of hydrogen-bond acceptors (Lipinski definition) is 5. The van der Waals surface area contributed by atoms with Crippen molar-refractivity contribution < 1.29 is 18.0 Å². The maximum Gasteiger partial charge on any atom is 0.406 e. The van der Waals surface area contributed by atoms with Gasteiger partial charge in [0.1, 0.15) is 6.54 Å². The Morgan fingerprint density at radius 3 is 2.50 bits per heavy atom. The Hall–Kier alpha value is -4.22. The van der Waals surface area contributed by atoms with Crippen LogP contribution in [-0.4, -0.2) is 71.3 Å². The van der Waals surface area contributed by atoms with Crippen LogP contribution in [0.4, 0.5) is 23.7 Å². The van der Waals surface area contributed by atoms with E-state index >= 15 is 0 Å². The van der Waals surface area contributed by atoms with E-state index in [4.69, 9.17) is 0 Å². The van der Waals surface area contributed by atoms with Gasteiger partial charge in [0.2, 0.25) is 0 Å². The largest absolute Gasteiger partial charge is 0.406 e. The Balaban J connectivity index is 1.42. The SMILES string of the molecule is CN(C)C(=O)N1CCC(NCc2ccc3c(c2)cc(C#CCNc2ccc(C(C)(C)C#N)nc2)n3CC(F)(F)F)CC1. The lowest BCUT2D eigenvalue weighted by molar-refractivity contribution is -0.140. The number of amides is 2. The zero-order valence-corrected chi connectivity index (χ0v) is 24.3. The molecule has 0 aliphatic carbocycles. The molecule has 1 aliphatic rings. The number of nitrogens with one attached hydrogen (secondary N) is 2. The lowest BCUT2D eigenvalue weighted by Gasteiger charge is -2.34. The molecule has 0 spiro atoms. The monoisotopic (exact) mass is 579 g/mol. The number of halogens is 3. The molecule has 2 amide bonds. The van der Waals surface area contributed by atoms with Crippen LogP contribution in [0.3, 0.4) is 0 Å². The van der Waals surface area contributed by atoms with Crippen LogP contribution in [-0.2, 0) is 18.5 Å². The Morgan fingerprint density at radius 1 is 1.14 bits per heavy atom. The van der Waals surface area contributed by atoms with E-state index in [1.165, 1.54) is 4.57 Å². The molecular formula is C31H36F3N7O. The molecular weight excluding hydrogens is 543 g/mol. The van der Waals surface area contributed by atoms with Crippen LogP contribution < -0.4 is 10.6 Å². The Labute approximate surface area is 244 Å². The molecule has 3 heterocycles. The summed E-state index contributed by atoms with van der Waals surface area (Å²) in [7, 11) is 3.49. The van der Waals surface area contributed by atoms with Crippen molar-refractivity contribution in [3.8, 4) is 17.9 Å². The second kappa shape index (κ2) is 12.7. The summed E-state index contributed by atoms with van der Waals surface area (Å²) in [6, 6.07) is 13.2. The van der Waals surface area contributed by atoms with Gasteiger partial charge in [-0.25, -0.2) is 4.79 Å². The molecule has 0 atom stereocenters. The van der Waals surface area contributed by atoms with Crippen molar-refractivity contribution >= 4 is 22.6 Å². The first-order chi connectivity index (χ1) is 19.9. The average molecular weight is 580 g/mol. The second-order valence-electron chi connectivity index (χ2n) is 11.3. The molecule has 0 radical (unpaired) electrons. The highest BCUT2D eigenvalue weighted by Gasteiger charge is 2.30. The summed E-state index contributed by atoms with van der Waals surface area (Å²) >= 11 is 0. The summed E-state index contributed by atoms with van der Waals surface area (Å²) in [4.78, 5) is 19.9. The van der Waals surface area contributed by atoms with Gasteiger partial charge in [-0.1, -0.05) is 12.0 Å².